The van der Waals surface area contributed by atoms with Gasteiger partial charge >= 0.3 is 5.97 Å². The van der Waals surface area contributed by atoms with Crippen LogP contribution in [0.3, 0.4) is 0 Å². The normalized spacial score (nSPS) is 21.2. The third-order valence-corrected chi connectivity index (χ3v) is 4.77. The summed E-state index contributed by atoms with van der Waals surface area (Å²) in [6.07, 6.45) is 0.925. The molecule has 0 radical (unpaired) electrons. The third kappa shape index (κ3) is 1.46. The molecule has 0 amide bonds. The minimum absolute atomic E-state index is 0.0798. The maximum Gasteiger partial charge on any atom is 0.338 e. The summed E-state index contributed by atoms with van der Waals surface area (Å²) < 4.78 is 10.8. The fourth-order valence-electron chi connectivity index (χ4n) is 3.75. The molecule has 4 rings (SSSR count). The minimum atomic E-state index is -0.294. The summed E-state index contributed by atoms with van der Waals surface area (Å²) in [5.74, 6) is 0.597. The number of fused-ring (bicyclic) bond motifs is 3. The van der Waals surface area contributed by atoms with Gasteiger partial charge in [0.25, 0.3) is 0 Å². The van der Waals surface area contributed by atoms with Crippen LogP contribution in [-0.2, 0) is 10.2 Å². The fraction of sp³-hybridized carbons (Fsp3) is 0.278. The zero-order valence-electron chi connectivity index (χ0n) is 12.1. The Hall–Kier alpha value is -2.29. The molecule has 2 aromatic carbocycles. The molecule has 3 nitrogen and oxygen atoms in total. The van der Waals surface area contributed by atoms with Gasteiger partial charge in [-0.1, -0.05) is 31.2 Å². The van der Waals surface area contributed by atoms with Crippen LogP contribution in [0, 0.1) is 0 Å². The second-order valence-electron chi connectivity index (χ2n) is 5.83. The summed E-state index contributed by atoms with van der Waals surface area (Å²) in [6, 6.07) is 12.0. The highest BCUT2D eigenvalue weighted by atomic mass is 16.5. The van der Waals surface area contributed by atoms with E-state index in [1.165, 1.54) is 12.7 Å². The summed E-state index contributed by atoms with van der Waals surface area (Å²) in [7, 11) is 1.42. The summed E-state index contributed by atoms with van der Waals surface area (Å²) >= 11 is 0. The van der Waals surface area contributed by atoms with Gasteiger partial charge in [0.2, 0.25) is 0 Å². The van der Waals surface area contributed by atoms with Crippen molar-refractivity contribution in [2.45, 2.75) is 18.8 Å². The van der Waals surface area contributed by atoms with Crippen molar-refractivity contribution in [3.05, 3.63) is 53.1 Å². The van der Waals surface area contributed by atoms with E-state index in [0.717, 1.165) is 28.9 Å². The van der Waals surface area contributed by atoms with Gasteiger partial charge in [0.1, 0.15) is 5.75 Å². The van der Waals surface area contributed by atoms with Crippen molar-refractivity contribution in [1.82, 2.24) is 0 Å². The highest BCUT2D eigenvalue weighted by Crippen LogP contribution is 2.56. The highest BCUT2D eigenvalue weighted by molar-refractivity contribution is 6.02. The van der Waals surface area contributed by atoms with Crippen LogP contribution >= 0.6 is 0 Å². The van der Waals surface area contributed by atoms with E-state index in [1.54, 1.807) is 0 Å². The van der Waals surface area contributed by atoms with Crippen LogP contribution in [0.1, 0.15) is 34.8 Å². The quantitative estimate of drug-likeness (QED) is 0.749. The Labute approximate surface area is 123 Å². The zero-order valence-corrected chi connectivity index (χ0v) is 12.1. The first-order valence-electron chi connectivity index (χ1n) is 7.15. The molecule has 0 bridgehead atoms. The van der Waals surface area contributed by atoms with Crippen LogP contribution in [0.2, 0.25) is 0 Å². The van der Waals surface area contributed by atoms with E-state index in [1.807, 2.05) is 18.2 Å². The van der Waals surface area contributed by atoms with Crippen molar-refractivity contribution in [3.8, 4) is 16.9 Å². The Balaban J connectivity index is 2.12. The van der Waals surface area contributed by atoms with Gasteiger partial charge in [-0.05, 0) is 29.7 Å². The van der Waals surface area contributed by atoms with Gasteiger partial charge in [-0.15, -0.1) is 0 Å². The molecule has 0 aromatic heterocycles. The fourth-order valence-corrected chi connectivity index (χ4v) is 3.75. The summed E-state index contributed by atoms with van der Waals surface area (Å²) in [5.41, 5.74) is 5.07. The molecule has 0 fully saturated rings. The lowest BCUT2D eigenvalue weighted by Gasteiger charge is -2.33. The Morgan fingerprint density at radius 2 is 2.05 bits per heavy atom. The first-order chi connectivity index (χ1) is 10.2. The first-order valence-corrected chi connectivity index (χ1v) is 7.15. The van der Waals surface area contributed by atoms with Crippen LogP contribution < -0.4 is 4.74 Å². The van der Waals surface area contributed by atoms with E-state index < -0.39 is 0 Å². The molecule has 1 atom stereocenters. The SMILES string of the molecule is COC(=O)c1ccc2c3c1-c1ccccc1C3(C)CCO2. The van der Waals surface area contributed by atoms with E-state index in [9.17, 15) is 4.79 Å². The molecule has 3 heteroatoms. The second kappa shape index (κ2) is 4.10. The van der Waals surface area contributed by atoms with Crippen LogP contribution in [0.5, 0.6) is 5.75 Å². The molecular weight excluding hydrogens is 264 g/mol. The van der Waals surface area contributed by atoms with Crippen molar-refractivity contribution in [1.29, 1.82) is 0 Å². The zero-order chi connectivity index (χ0) is 14.6. The number of carbonyl (C=O) groups excluding carboxylic acids is 1. The molecule has 0 N–H and O–H groups in total. The van der Waals surface area contributed by atoms with Gasteiger partial charge in [0.05, 0.1) is 19.3 Å². The van der Waals surface area contributed by atoms with Crippen molar-refractivity contribution >= 4 is 5.97 Å². The van der Waals surface area contributed by atoms with Crippen LogP contribution in [0.25, 0.3) is 11.1 Å². The Morgan fingerprint density at radius 3 is 2.86 bits per heavy atom. The Bertz CT molecular complexity index is 763. The molecule has 1 heterocycles. The number of methoxy groups -OCH3 is 1. The molecule has 0 saturated carbocycles. The average Bonchev–Trinajstić information content (AvgIpc) is 2.79. The van der Waals surface area contributed by atoms with E-state index in [-0.39, 0.29) is 11.4 Å². The first kappa shape index (κ1) is 12.5. The summed E-state index contributed by atoms with van der Waals surface area (Å²) in [5, 5.41) is 0. The van der Waals surface area contributed by atoms with Crippen molar-refractivity contribution in [3.63, 3.8) is 0 Å². The largest absolute Gasteiger partial charge is 0.493 e. The highest BCUT2D eigenvalue weighted by Gasteiger charge is 2.45. The number of hydrogen-bond donors (Lipinski definition) is 0. The van der Waals surface area contributed by atoms with E-state index in [0.29, 0.717) is 12.2 Å². The lowest BCUT2D eigenvalue weighted by Crippen LogP contribution is -2.29. The number of rotatable bonds is 1. The molecule has 1 aliphatic heterocycles. The number of benzene rings is 2. The van der Waals surface area contributed by atoms with Gasteiger partial charge in [0, 0.05) is 16.5 Å². The predicted molar refractivity (Wildman–Crippen MR) is 79.8 cm³/mol. The molecule has 0 saturated heterocycles. The average molecular weight is 280 g/mol. The van der Waals surface area contributed by atoms with Crippen LogP contribution in [0.15, 0.2) is 36.4 Å². The Morgan fingerprint density at radius 1 is 1.24 bits per heavy atom. The number of esters is 1. The van der Waals surface area contributed by atoms with E-state index >= 15 is 0 Å². The molecule has 2 aliphatic rings. The molecule has 1 unspecified atom stereocenters. The number of ether oxygens (including phenoxy) is 2. The third-order valence-electron chi connectivity index (χ3n) is 4.77. The van der Waals surface area contributed by atoms with Crippen molar-refractivity contribution in [2.24, 2.45) is 0 Å². The summed E-state index contributed by atoms with van der Waals surface area (Å²) in [4.78, 5) is 12.1. The maximum atomic E-state index is 12.1. The lowest BCUT2D eigenvalue weighted by atomic mass is 9.76. The number of hydrogen-bond acceptors (Lipinski definition) is 3. The van der Waals surface area contributed by atoms with Gasteiger partial charge < -0.3 is 9.47 Å². The minimum Gasteiger partial charge on any atom is -0.493 e. The van der Waals surface area contributed by atoms with Crippen molar-refractivity contribution < 1.29 is 14.3 Å². The Kier molecular flexibility index (Phi) is 2.43. The molecular formula is C18H16O3. The van der Waals surface area contributed by atoms with Gasteiger partial charge in [-0.3, -0.25) is 0 Å². The van der Waals surface area contributed by atoms with E-state index in [4.69, 9.17) is 9.47 Å². The van der Waals surface area contributed by atoms with Gasteiger partial charge in [0.15, 0.2) is 0 Å². The van der Waals surface area contributed by atoms with E-state index in [2.05, 4.69) is 25.1 Å². The topological polar surface area (TPSA) is 35.5 Å². The molecule has 2 aromatic rings. The monoisotopic (exact) mass is 280 g/mol. The smallest absolute Gasteiger partial charge is 0.338 e. The molecule has 1 aliphatic carbocycles. The second-order valence-corrected chi connectivity index (χ2v) is 5.83. The van der Waals surface area contributed by atoms with Gasteiger partial charge in [-0.25, -0.2) is 4.79 Å². The molecule has 21 heavy (non-hydrogen) atoms. The predicted octanol–water partition coefficient (Wildman–Crippen LogP) is 3.54. The summed E-state index contributed by atoms with van der Waals surface area (Å²) in [6.45, 7) is 2.94. The number of carbonyl (C=O) groups is 1. The molecule has 0 spiro atoms. The lowest BCUT2D eigenvalue weighted by molar-refractivity contribution is 0.0601. The van der Waals surface area contributed by atoms with Gasteiger partial charge in [-0.2, -0.15) is 0 Å². The standard InChI is InChI=1S/C18H16O3/c1-18-9-10-21-14-8-7-12(17(19)20-2)15(16(14)18)11-5-3-4-6-13(11)18/h3-8H,9-10H2,1-2H3. The van der Waals surface area contributed by atoms with Crippen LogP contribution in [0.4, 0.5) is 0 Å². The van der Waals surface area contributed by atoms with Crippen LogP contribution in [-0.4, -0.2) is 19.7 Å². The molecule has 106 valence electrons. The maximum absolute atomic E-state index is 12.1. The van der Waals surface area contributed by atoms with Crippen molar-refractivity contribution in [2.75, 3.05) is 13.7 Å².